The van der Waals surface area contributed by atoms with Gasteiger partial charge in [0.1, 0.15) is 24.6 Å². The molecule has 0 amide bonds. The molecule has 0 spiro atoms. The summed E-state index contributed by atoms with van der Waals surface area (Å²) in [5.74, 6) is -1.35. The summed E-state index contributed by atoms with van der Waals surface area (Å²) in [7, 11) is -3.91. The molecule has 1 saturated carbocycles. The molecule has 0 radical (unpaired) electrons. The molecule has 1 saturated heterocycles. The quantitative estimate of drug-likeness (QED) is 0.645. The molecule has 2 unspecified atom stereocenters. The molecule has 2 fully saturated rings. The van der Waals surface area contributed by atoms with Crippen molar-refractivity contribution >= 4 is 22.0 Å². The molecule has 164 valence electrons. The number of fused-ring (bicyclic) bond motifs is 1. The Labute approximate surface area is 179 Å². The van der Waals surface area contributed by atoms with Gasteiger partial charge >= 0.3 is 12.1 Å². The lowest BCUT2D eigenvalue weighted by Crippen LogP contribution is -2.37. The molecule has 2 atom stereocenters. The molecule has 1 heterocycles. The Morgan fingerprint density at radius 3 is 2.29 bits per heavy atom. The predicted molar refractivity (Wildman–Crippen MR) is 108 cm³/mol. The summed E-state index contributed by atoms with van der Waals surface area (Å²) < 4.78 is 41.6. The summed E-state index contributed by atoms with van der Waals surface area (Å²) in [6.07, 6.45) is -2.53. The maximum Gasteiger partial charge on any atom is 0.509 e. The van der Waals surface area contributed by atoms with Crippen LogP contribution in [0.1, 0.15) is 24.0 Å². The zero-order valence-electron chi connectivity index (χ0n) is 16.8. The van der Waals surface area contributed by atoms with Crippen molar-refractivity contribution in [2.24, 2.45) is 5.41 Å². The summed E-state index contributed by atoms with van der Waals surface area (Å²) in [5, 5.41) is 9.76. The van der Waals surface area contributed by atoms with Crippen molar-refractivity contribution in [2.75, 3.05) is 5.75 Å². The molecule has 1 aliphatic heterocycles. The predicted octanol–water partition coefficient (Wildman–Crippen LogP) is 3.12. The van der Waals surface area contributed by atoms with E-state index in [9.17, 15) is 23.1 Å². The first kappa shape index (κ1) is 21.2. The van der Waals surface area contributed by atoms with Gasteiger partial charge in [0.25, 0.3) is 0 Å². The van der Waals surface area contributed by atoms with Gasteiger partial charge in [0.2, 0.25) is 0 Å². The molecule has 0 bridgehead atoms. The van der Waals surface area contributed by atoms with E-state index in [1.54, 1.807) is 12.1 Å². The summed E-state index contributed by atoms with van der Waals surface area (Å²) in [5.41, 5.74) is 0.545. The number of sulfone groups is 1. The molecule has 8 nitrogen and oxygen atoms in total. The van der Waals surface area contributed by atoms with Crippen molar-refractivity contribution in [1.29, 1.82) is 0 Å². The fraction of sp³-hybridized carbons (Fsp3) is 0.364. The van der Waals surface area contributed by atoms with Crippen LogP contribution in [0.4, 0.5) is 4.79 Å². The van der Waals surface area contributed by atoms with Gasteiger partial charge in [-0.3, -0.25) is 4.79 Å². The molecule has 1 N–H and O–H groups in total. The number of carboxylic acids is 1. The van der Waals surface area contributed by atoms with Gasteiger partial charge in [0.15, 0.2) is 9.84 Å². The molecular weight excluding hydrogens is 424 g/mol. The topological polar surface area (TPSA) is 116 Å². The SMILES string of the molecule is Cc1ccccc1COc1ccc(S(=O)(=O)CC2(C(=O)O)CC3OC(=O)OC3C2)cc1. The monoisotopic (exact) mass is 446 g/mol. The third-order valence-electron chi connectivity index (χ3n) is 5.85. The molecule has 2 aromatic rings. The van der Waals surface area contributed by atoms with E-state index in [0.717, 1.165) is 11.1 Å². The Morgan fingerprint density at radius 2 is 1.71 bits per heavy atom. The Kier molecular flexibility index (Phi) is 5.38. The summed E-state index contributed by atoms with van der Waals surface area (Å²) in [6, 6.07) is 13.7. The van der Waals surface area contributed by atoms with E-state index in [1.807, 2.05) is 31.2 Å². The molecule has 1 aliphatic carbocycles. The molecule has 2 aromatic carbocycles. The minimum Gasteiger partial charge on any atom is -0.489 e. The Morgan fingerprint density at radius 1 is 1.10 bits per heavy atom. The number of aryl methyl sites for hydroxylation is 1. The van der Waals surface area contributed by atoms with Crippen LogP contribution in [0.15, 0.2) is 53.4 Å². The maximum absolute atomic E-state index is 13.0. The fourth-order valence-electron chi connectivity index (χ4n) is 4.10. The highest BCUT2D eigenvalue weighted by molar-refractivity contribution is 7.91. The normalized spacial score (nSPS) is 24.9. The van der Waals surface area contributed by atoms with Crippen LogP contribution in [0.3, 0.4) is 0 Å². The van der Waals surface area contributed by atoms with Crippen molar-refractivity contribution < 1.29 is 37.3 Å². The Hall–Kier alpha value is -3.07. The average Bonchev–Trinajstić information content (AvgIpc) is 3.22. The lowest BCUT2D eigenvalue weighted by atomic mass is 9.88. The first-order valence-corrected chi connectivity index (χ1v) is 11.4. The number of carbonyl (C=O) groups excluding carboxylic acids is 1. The van der Waals surface area contributed by atoms with E-state index in [1.165, 1.54) is 12.1 Å². The molecule has 0 aromatic heterocycles. The number of hydrogen-bond donors (Lipinski definition) is 1. The lowest BCUT2D eigenvalue weighted by Gasteiger charge is -2.24. The smallest absolute Gasteiger partial charge is 0.489 e. The summed E-state index contributed by atoms with van der Waals surface area (Å²) in [4.78, 5) is 23.2. The van der Waals surface area contributed by atoms with Gasteiger partial charge in [-0.2, -0.15) is 0 Å². The third-order valence-corrected chi connectivity index (χ3v) is 7.78. The number of carbonyl (C=O) groups is 2. The van der Waals surface area contributed by atoms with Crippen LogP contribution in [-0.4, -0.2) is 43.6 Å². The number of benzene rings is 2. The second-order valence-corrected chi connectivity index (χ2v) is 9.99. The van der Waals surface area contributed by atoms with Gasteiger partial charge in [-0.1, -0.05) is 24.3 Å². The van der Waals surface area contributed by atoms with Crippen LogP contribution in [0.5, 0.6) is 5.75 Å². The van der Waals surface area contributed by atoms with Gasteiger partial charge in [-0.15, -0.1) is 0 Å². The van der Waals surface area contributed by atoms with Crippen LogP contribution in [0.2, 0.25) is 0 Å². The second kappa shape index (κ2) is 7.88. The zero-order chi connectivity index (χ0) is 22.2. The molecule has 2 aliphatic rings. The van der Waals surface area contributed by atoms with Crippen molar-refractivity contribution in [3.63, 3.8) is 0 Å². The van der Waals surface area contributed by atoms with Gasteiger partial charge in [-0.05, 0) is 42.3 Å². The third kappa shape index (κ3) is 4.23. The van der Waals surface area contributed by atoms with Gasteiger partial charge in [0, 0.05) is 12.8 Å². The standard InChI is InChI=1S/C22H22O8S/c1-14-4-2-3-5-15(14)12-28-16-6-8-17(9-7-16)31(26,27)13-22(20(23)24)10-18-19(11-22)30-21(25)29-18/h2-9,18-19H,10-13H2,1H3,(H,23,24). The largest absolute Gasteiger partial charge is 0.509 e. The summed E-state index contributed by atoms with van der Waals surface area (Å²) >= 11 is 0. The average molecular weight is 446 g/mol. The van der Waals surface area contributed by atoms with Crippen LogP contribution in [0.25, 0.3) is 0 Å². The number of carboxylic acid groups (broad SMARTS) is 1. The minimum atomic E-state index is -3.91. The molecule has 9 heteroatoms. The summed E-state index contributed by atoms with van der Waals surface area (Å²) in [6.45, 7) is 2.33. The highest BCUT2D eigenvalue weighted by Gasteiger charge is 2.58. The van der Waals surface area contributed by atoms with Gasteiger partial charge in [0.05, 0.1) is 16.1 Å². The first-order valence-electron chi connectivity index (χ1n) is 9.79. The van der Waals surface area contributed by atoms with Crippen LogP contribution in [0, 0.1) is 12.3 Å². The zero-order valence-corrected chi connectivity index (χ0v) is 17.6. The molecule has 31 heavy (non-hydrogen) atoms. The van der Waals surface area contributed by atoms with Crippen molar-refractivity contribution in [1.82, 2.24) is 0 Å². The van der Waals surface area contributed by atoms with Crippen molar-refractivity contribution in [2.45, 2.75) is 43.5 Å². The van der Waals surface area contributed by atoms with E-state index in [-0.39, 0.29) is 17.7 Å². The maximum atomic E-state index is 13.0. The molecule has 4 rings (SSSR count). The Balaban J connectivity index is 1.46. The highest BCUT2D eigenvalue weighted by atomic mass is 32.2. The van der Waals surface area contributed by atoms with Crippen molar-refractivity contribution in [3.05, 3.63) is 59.7 Å². The fourth-order valence-corrected chi connectivity index (χ4v) is 5.91. The van der Waals surface area contributed by atoms with E-state index >= 15 is 0 Å². The van der Waals surface area contributed by atoms with Crippen LogP contribution < -0.4 is 4.74 Å². The van der Waals surface area contributed by atoms with Crippen LogP contribution >= 0.6 is 0 Å². The van der Waals surface area contributed by atoms with E-state index in [0.29, 0.717) is 12.4 Å². The van der Waals surface area contributed by atoms with Crippen molar-refractivity contribution in [3.8, 4) is 5.75 Å². The first-order chi connectivity index (χ1) is 14.7. The van der Waals surface area contributed by atoms with E-state index < -0.39 is 45.3 Å². The number of aliphatic carboxylic acids is 1. The van der Waals surface area contributed by atoms with E-state index in [4.69, 9.17) is 14.2 Å². The van der Waals surface area contributed by atoms with E-state index in [2.05, 4.69) is 0 Å². The lowest BCUT2D eigenvalue weighted by molar-refractivity contribution is -0.148. The number of rotatable bonds is 7. The van der Waals surface area contributed by atoms with Crippen LogP contribution in [-0.2, 0) is 30.7 Å². The molecular formula is C22H22O8S. The second-order valence-electron chi connectivity index (χ2n) is 8.00. The van der Waals surface area contributed by atoms with Gasteiger partial charge in [-0.25, -0.2) is 13.2 Å². The van der Waals surface area contributed by atoms with Gasteiger partial charge < -0.3 is 19.3 Å². The number of ether oxygens (including phenoxy) is 3. The highest BCUT2D eigenvalue weighted by Crippen LogP contribution is 2.46. The Bertz CT molecular complexity index is 1090. The number of hydrogen-bond acceptors (Lipinski definition) is 7. The minimum absolute atomic E-state index is 0.00587.